The zero-order valence-electron chi connectivity index (χ0n) is 8.10. The van der Waals surface area contributed by atoms with Crippen molar-refractivity contribution in [2.75, 3.05) is 7.05 Å². The summed E-state index contributed by atoms with van der Waals surface area (Å²) in [5.74, 6) is -0.366. The molecule has 2 atom stereocenters. The molecule has 0 saturated carbocycles. The van der Waals surface area contributed by atoms with E-state index in [9.17, 15) is 9.18 Å². The lowest BCUT2D eigenvalue weighted by Gasteiger charge is -2.32. The molecule has 1 amide bonds. The highest BCUT2D eigenvalue weighted by Gasteiger charge is 2.42. The van der Waals surface area contributed by atoms with Gasteiger partial charge in [-0.05, 0) is 5.41 Å². The van der Waals surface area contributed by atoms with Gasteiger partial charge < -0.3 is 4.90 Å². The zero-order chi connectivity index (χ0) is 9.52. The van der Waals surface area contributed by atoms with Gasteiger partial charge in [-0.25, -0.2) is 4.39 Å². The highest BCUT2D eigenvalue weighted by atomic mass is 19.1. The van der Waals surface area contributed by atoms with Crippen molar-refractivity contribution < 1.29 is 9.18 Å². The minimum Gasteiger partial charge on any atom is -0.340 e. The standard InChI is InChI=1S/C9H16FNO/c1-9(2,3)7-5-6(10)8(12)11(7)4/h6-7H,5H2,1-4H3. The number of likely N-dealkylation sites (tertiary alicyclic amines) is 1. The Hall–Kier alpha value is -0.600. The van der Waals surface area contributed by atoms with Crippen LogP contribution in [0, 0.1) is 5.41 Å². The highest BCUT2D eigenvalue weighted by Crippen LogP contribution is 2.33. The van der Waals surface area contributed by atoms with Crippen LogP contribution in [0.5, 0.6) is 0 Å². The minimum atomic E-state index is -1.28. The Morgan fingerprint density at radius 2 is 2.00 bits per heavy atom. The summed E-state index contributed by atoms with van der Waals surface area (Å²) in [7, 11) is 1.68. The lowest BCUT2D eigenvalue weighted by Crippen LogP contribution is -2.38. The molecule has 0 bridgehead atoms. The van der Waals surface area contributed by atoms with Gasteiger partial charge in [0.15, 0.2) is 6.17 Å². The topological polar surface area (TPSA) is 20.3 Å². The number of amides is 1. The van der Waals surface area contributed by atoms with Crippen LogP contribution in [0.25, 0.3) is 0 Å². The number of alkyl halides is 1. The molecule has 70 valence electrons. The average Bonchev–Trinajstić information content (AvgIpc) is 2.15. The van der Waals surface area contributed by atoms with Gasteiger partial charge in [-0.15, -0.1) is 0 Å². The Morgan fingerprint density at radius 1 is 1.50 bits per heavy atom. The first-order valence-electron chi connectivity index (χ1n) is 4.25. The second-order valence-electron chi connectivity index (χ2n) is 4.53. The van der Waals surface area contributed by atoms with Crippen molar-refractivity contribution in [3.63, 3.8) is 0 Å². The summed E-state index contributed by atoms with van der Waals surface area (Å²) in [5.41, 5.74) is -0.0226. The molecule has 0 aromatic rings. The molecule has 0 aliphatic carbocycles. The van der Waals surface area contributed by atoms with Gasteiger partial charge in [0.25, 0.3) is 5.91 Å². The monoisotopic (exact) mass is 173 g/mol. The van der Waals surface area contributed by atoms with E-state index in [2.05, 4.69) is 0 Å². The molecule has 1 heterocycles. The van der Waals surface area contributed by atoms with E-state index in [4.69, 9.17) is 0 Å². The number of carbonyl (C=O) groups excluding carboxylic acids is 1. The molecule has 1 saturated heterocycles. The predicted octanol–water partition coefficient (Wildman–Crippen LogP) is 1.60. The van der Waals surface area contributed by atoms with Crippen LogP contribution in [0.15, 0.2) is 0 Å². The number of hydrogen-bond donors (Lipinski definition) is 0. The van der Waals surface area contributed by atoms with Crippen LogP contribution in [0.3, 0.4) is 0 Å². The van der Waals surface area contributed by atoms with E-state index >= 15 is 0 Å². The van der Waals surface area contributed by atoms with Gasteiger partial charge in [-0.3, -0.25) is 4.79 Å². The Balaban J connectivity index is 2.78. The Morgan fingerprint density at radius 3 is 2.17 bits per heavy atom. The third-order valence-corrected chi connectivity index (χ3v) is 2.51. The molecule has 12 heavy (non-hydrogen) atoms. The van der Waals surface area contributed by atoms with Crippen molar-refractivity contribution in [3.05, 3.63) is 0 Å². The van der Waals surface area contributed by atoms with Crippen molar-refractivity contribution in [3.8, 4) is 0 Å². The maximum Gasteiger partial charge on any atom is 0.257 e. The predicted molar refractivity (Wildman–Crippen MR) is 45.5 cm³/mol. The summed E-state index contributed by atoms with van der Waals surface area (Å²) in [6.07, 6.45) is -0.932. The SMILES string of the molecule is CN1C(=O)C(F)CC1C(C)(C)C. The first-order valence-corrected chi connectivity index (χ1v) is 4.25. The maximum atomic E-state index is 13.0. The molecule has 0 aromatic heterocycles. The van der Waals surface area contributed by atoms with Crippen LogP contribution < -0.4 is 0 Å². The van der Waals surface area contributed by atoms with Gasteiger partial charge in [0, 0.05) is 19.5 Å². The molecule has 0 radical (unpaired) electrons. The normalized spacial score (nSPS) is 31.4. The summed E-state index contributed by atoms with van der Waals surface area (Å²) < 4.78 is 13.0. The second kappa shape index (κ2) is 2.71. The fourth-order valence-electron chi connectivity index (χ4n) is 1.76. The molecule has 0 N–H and O–H groups in total. The zero-order valence-corrected chi connectivity index (χ0v) is 8.10. The van der Waals surface area contributed by atoms with Crippen LogP contribution >= 0.6 is 0 Å². The Kier molecular flexibility index (Phi) is 2.15. The number of rotatable bonds is 0. The van der Waals surface area contributed by atoms with Crippen molar-refractivity contribution in [2.45, 2.75) is 39.4 Å². The highest BCUT2D eigenvalue weighted by molar-refractivity contribution is 5.83. The summed E-state index contributed by atoms with van der Waals surface area (Å²) in [6.45, 7) is 6.08. The van der Waals surface area contributed by atoms with Crippen LogP contribution in [-0.2, 0) is 4.79 Å². The van der Waals surface area contributed by atoms with Gasteiger partial charge >= 0.3 is 0 Å². The minimum absolute atomic E-state index is 0.0226. The van der Waals surface area contributed by atoms with Crippen LogP contribution in [0.2, 0.25) is 0 Å². The van der Waals surface area contributed by atoms with Gasteiger partial charge in [-0.1, -0.05) is 20.8 Å². The molecule has 1 fully saturated rings. The molecule has 1 aliphatic heterocycles. The molecule has 1 aliphatic rings. The van der Waals surface area contributed by atoms with E-state index in [1.807, 2.05) is 20.8 Å². The Bertz CT molecular complexity index is 197. The molecule has 2 nitrogen and oxygen atoms in total. The van der Waals surface area contributed by atoms with Crippen LogP contribution in [0.4, 0.5) is 4.39 Å². The average molecular weight is 173 g/mol. The van der Waals surface area contributed by atoms with E-state index in [-0.39, 0.29) is 17.4 Å². The van der Waals surface area contributed by atoms with E-state index in [0.29, 0.717) is 6.42 Å². The smallest absolute Gasteiger partial charge is 0.257 e. The van der Waals surface area contributed by atoms with Gasteiger partial charge in [0.1, 0.15) is 0 Å². The van der Waals surface area contributed by atoms with Crippen LogP contribution in [0.1, 0.15) is 27.2 Å². The summed E-state index contributed by atoms with van der Waals surface area (Å²) >= 11 is 0. The Labute approximate surface area is 72.7 Å². The number of hydrogen-bond acceptors (Lipinski definition) is 1. The summed E-state index contributed by atoms with van der Waals surface area (Å²) in [4.78, 5) is 12.6. The van der Waals surface area contributed by atoms with Gasteiger partial charge in [0.2, 0.25) is 0 Å². The quantitative estimate of drug-likeness (QED) is 0.545. The first kappa shape index (κ1) is 9.49. The second-order valence-corrected chi connectivity index (χ2v) is 4.53. The molecule has 0 aromatic carbocycles. The largest absolute Gasteiger partial charge is 0.340 e. The van der Waals surface area contributed by atoms with E-state index in [0.717, 1.165) is 0 Å². The number of carbonyl (C=O) groups is 1. The summed E-state index contributed by atoms with van der Waals surface area (Å²) in [5, 5.41) is 0. The molecule has 2 unspecified atom stereocenters. The lowest BCUT2D eigenvalue weighted by atomic mass is 9.85. The molecular weight excluding hydrogens is 157 g/mol. The van der Waals surface area contributed by atoms with Crippen LogP contribution in [-0.4, -0.2) is 30.1 Å². The maximum absolute atomic E-state index is 13.0. The van der Waals surface area contributed by atoms with Gasteiger partial charge in [-0.2, -0.15) is 0 Å². The fraction of sp³-hybridized carbons (Fsp3) is 0.889. The van der Waals surface area contributed by atoms with E-state index in [1.165, 1.54) is 4.90 Å². The fourth-order valence-corrected chi connectivity index (χ4v) is 1.76. The molecular formula is C9H16FNO. The molecule has 3 heteroatoms. The first-order chi connectivity index (χ1) is 5.34. The summed E-state index contributed by atoms with van der Waals surface area (Å²) in [6, 6.07) is 0.0417. The van der Waals surface area contributed by atoms with Crippen molar-refractivity contribution in [1.82, 2.24) is 4.90 Å². The van der Waals surface area contributed by atoms with Crippen molar-refractivity contribution >= 4 is 5.91 Å². The van der Waals surface area contributed by atoms with Crippen molar-refractivity contribution in [2.24, 2.45) is 5.41 Å². The third-order valence-electron chi connectivity index (χ3n) is 2.51. The van der Waals surface area contributed by atoms with E-state index < -0.39 is 6.17 Å². The lowest BCUT2D eigenvalue weighted by molar-refractivity contribution is -0.132. The number of halogens is 1. The third kappa shape index (κ3) is 1.45. The van der Waals surface area contributed by atoms with E-state index in [1.54, 1.807) is 7.05 Å². The molecule has 1 rings (SSSR count). The van der Waals surface area contributed by atoms with Gasteiger partial charge in [0.05, 0.1) is 0 Å². The molecule has 0 spiro atoms. The van der Waals surface area contributed by atoms with Crippen molar-refractivity contribution in [1.29, 1.82) is 0 Å². The number of nitrogens with zero attached hydrogens (tertiary/aromatic N) is 1.